The molecule has 2 heteroatoms. The first-order chi connectivity index (χ1) is 13.3. The molecule has 0 amide bonds. The van der Waals surface area contributed by atoms with Crippen LogP contribution in [0.1, 0.15) is 11.1 Å². The van der Waals surface area contributed by atoms with Gasteiger partial charge in [-0.25, -0.2) is 0 Å². The maximum Gasteiger partial charge on any atom is 2.00 e. The summed E-state index contributed by atoms with van der Waals surface area (Å²) in [5, 5.41) is 0. The van der Waals surface area contributed by atoms with E-state index in [-0.39, 0.29) is 33.6 Å². The van der Waals surface area contributed by atoms with Crippen molar-refractivity contribution in [2.75, 3.05) is 0 Å². The zero-order valence-corrected chi connectivity index (χ0v) is 21.2. The molecular formula is C27H29AlZr. The van der Waals surface area contributed by atoms with Crippen molar-refractivity contribution >= 4 is 18.6 Å². The molecule has 0 heterocycles. The number of rotatable bonds is 3. The first-order valence-corrected chi connectivity index (χ1v) is 12.2. The molecule has 0 aliphatic heterocycles. The predicted octanol–water partition coefficient (Wildman–Crippen LogP) is 6.71. The maximum atomic E-state index is 3.57. The molecular weight excluding hydrogens is 443 g/mol. The van der Waals surface area contributed by atoms with Gasteiger partial charge in [-0.1, -0.05) is 36.4 Å². The van der Waals surface area contributed by atoms with Gasteiger partial charge in [-0.05, 0) is 64.2 Å². The molecule has 29 heavy (non-hydrogen) atoms. The van der Waals surface area contributed by atoms with Crippen LogP contribution in [0.25, 0.3) is 4.44 Å². The van der Waals surface area contributed by atoms with Crippen LogP contribution in [0, 0.1) is 77.7 Å². The molecule has 0 aromatic heterocycles. The zero-order chi connectivity index (χ0) is 19.2. The molecule has 0 nitrogen and oxygen atoms in total. The quantitative estimate of drug-likeness (QED) is 0.265. The third-order valence-electron chi connectivity index (χ3n) is 3.83. The van der Waals surface area contributed by atoms with E-state index in [1.165, 1.54) is 15.6 Å². The van der Waals surface area contributed by atoms with Crippen LogP contribution >= 0.6 is 0 Å². The van der Waals surface area contributed by atoms with Crippen molar-refractivity contribution in [3.63, 3.8) is 0 Å². The van der Waals surface area contributed by atoms with E-state index in [1.54, 1.807) is 0 Å². The Balaban J connectivity index is 0.000000537. The molecule has 2 aliphatic rings. The minimum absolute atomic E-state index is 0. The summed E-state index contributed by atoms with van der Waals surface area (Å²) < 4.78 is 1.40. The molecule has 0 spiro atoms. The van der Waals surface area contributed by atoms with Gasteiger partial charge in [-0.15, -0.1) is 41.4 Å². The van der Waals surface area contributed by atoms with Gasteiger partial charge in [0.25, 0.3) is 14.1 Å². The molecule has 2 saturated carbocycles. The van der Waals surface area contributed by atoms with Crippen molar-refractivity contribution in [2.45, 2.75) is 11.6 Å². The Morgan fingerprint density at radius 1 is 0.586 bits per heavy atom. The second-order valence-electron chi connectivity index (χ2n) is 6.35. The number of benzene rings is 2. The molecule has 0 unspecified atom stereocenters. The van der Waals surface area contributed by atoms with Crippen molar-refractivity contribution in [1.29, 1.82) is 0 Å². The second-order valence-corrected chi connectivity index (χ2v) is 9.24. The van der Waals surface area contributed by atoms with E-state index in [0.29, 0.717) is 0 Å². The average molecular weight is 472 g/mol. The fraction of sp³-hybridized carbons (Fsp3) is 0.0741. The van der Waals surface area contributed by atoms with Crippen molar-refractivity contribution in [3.8, 4) is 0 Å². The van der Waals surface area contributed by atoms with E-state index in [4.69, 9.17) is 0 Å². The Morgan fingerprint density at radius 2 is 0.931 bits per heavy atom. The zero-order valence-electron chi connectivity index (χ0n) is 17.6. The van der Waals surface area contributed by atoms with Gasteiger partial charge in [-0.2, -0.15) is 16.1 Å². The summed E-state index contributed by atoms with van der Waals surface area (Å²) in [5.41, 5.74) is 2.49. The normalized spacial score (nSPS) is 14.9. The molecule has 2 aromatic carbocycles. The Hall–Kier alpha value is -0.404. The van der Waals surface area contributed by atoms with Crippen LogP contribution in [0.5, 0.6) is 0 Å². The van der Waals surface area contributed by atoms with E-state index >= 15 is 0 Å². The van der Waals surface area contributed by atoms with Crippen LogP contribution in [0.2, 0.25) is 11.6 Å². The second kappa shape index (κ2) is 18.4. The maximum absolute atomic E-state index is 3.57. The monoisotopic (exact) mass is 470 g/mol. The molecule has 144 valence electrons. The van der Waals surface area contributed by atoms with Crippen LogP contribution in [0.15, 0.2) is 60.7 Å². The van der Waals surface area contributed by atoms with Gasteiger partial charge in [0.1, 0.15) is 0 Å². The Labute approximate surface area is 204 Å². The summed E-state index contributed by atoms with van der Waals surface area (Å²) in [4.78, 5) is 0. The van der Waals surface area contributed by atoms with Crippen LogP contribution in [-0.2, 0) is 26.2 Å². The standard InChI is InChI=1S/C14H10.2C5H5.3CH3.Al.Zr/c1-3-7-13(8-4-1)11-12-14-9-5-2-6-10-14;2*1-2-4-5-3-1;;;;;/h1-10H;2*1-5H;3*1H3;;/q-1;;;;;-1;;+2. The Morgan fingerprint density at radius 3 is 1.28 bits per heavy atom. The van der Waals surface area contributed by atoms with Crippen molar-refractivity contribution in [1.82, 2.24) is 0 Å². The molecule has 0 N–H and O–H groups in total. The summed E-state index contributed by atoms with van der Waals surface area (Å²) in [7, 11) is 0. The van der Waals surface area contributed by atoms with Crippen LogP contribution in [0.4, 0.5) is 0 Å². The van der Waals surface area contributed by atoms with Gasteiger partial charge in [0.2, 0.25) is 0 Å². The number of hydrogen-bond donors (Lipinski definition) is 0. The van der Waals surface area contributed by atoms with Crippen molar-refractivity contribution in [3.05, 3.63) is 150 Å². The summed E-state index contributed by atoms with van der Waals surface area (Å²) in [5.74, 6) is 4.69. The SMILES string of the molecule is [CH3-].[CH3][Al]([CH3])[C](=[C-]c1ccccc1)c1ccccc1.[CH]1[CH][CH][CH][CH]1.[CH]1[CH][CH][CH][CH]1.[Zr+2]. The first kappa shape index (κ1) is 28.6. The molecule has 4 rings (SSSR count). The minimum atomic E-state index is -0.876. The van der Waals surface area contributed by atoms with Gasteiger partial charge < -0.3 is 7.43 Å². The molecule has 10 radical (unpaired) electrons. The summed E-state index contributed by atoms with van der Waals surface area (Å²) in [6.07, 6.45) is 23.6. The van der Waals surface area contributed by atoms with Crippen molar-refractivity contribution in [2.24, 2.45) is 0 Å². The van der Waals surface area contributed by atoms with Gasteiger partial charge in [-0.3, -0.25) is 0 Å². The van der Waals surface area contributed by atoms with Gasteiger partial charge in [0, 0.05) is 0 Å². The molecule has 2 aliphatic carbocycles. The van der Waals surface area contributed by atoms with E-state index in [9.17, 15) is 0 Å². The molecule has 0 saturated heterocycles. The largest absolute Gasteiger partial charge is 2.00 e. The van der Waals surface area contributed by atoms with Crippen LogP contribution in [-0.4, -0.2) is 14.1 Å². The topological polar surface area (TPSA) is 0 Å². The smallest absolute Gasteiger partial charge is 0.358 e. The first-order valence-electron chi connectivity index (χ1n) is 9.35. The van der Waals surface area contributed by atoms with E-state index in [1.807, 2.05) is 70.3 Å². The predicted molar refractivity (Wildman–Crippen MR) is 126 cm³/mol. The van der Waals surface area contributed by atoms with E-state index < -0.39 is 14.1 Å². The van der Waals surface area contributed by atoms with E-state index in [0.717, 1.165) is 0 Å². The fourth-order valence-corrected chi connectivity index (χ4v) is 3.80. The minimum Gasteiger partial charge on any atom is -0.358 e. The molecule has 0 bridgehead atoms. The fourth-order valence-electron chi connectivity index (χ4n) is 2.49. The molecule has 2 aromatic rings. The Bertz CT molecular complexity index is 601. The van der Waals surface area contributed by atoms with Gasteiger partial charge in [0.05, 0.1) is 0 Å². The summed E-state index contributed by atoms with van der Waals surface area (Å²) >= 11 is -0.876. The van der Waals surface area contributed by atoms with Crippen LogP contribution in [0.3, 0.4) is 0 Å². The van der Waals surface area contributed by atoms with Crippen LogP contribution < -0.4 is 0 Å². The number of hydrogen-bond acceptors (Lipinski definition) is 0. The third kappa shape index (κ3) is 12.8. The Kier molecular flexibility index (Phi) is 18.1. The summed E-state index contributed by atoms with van der Waals surface area (Å²) in [6, 6.07) is 21.0. The van der Waals surface area contributed by atoms with Crippen molar-refractivity contribution < 1.29 is 26.2 Å². The summed E-state index contributed by atoms with van der Waals surface area (Å²) in [6.45, 7) is 0. The molecule has 2 fully saturated rings. The average Bonchev–Trinajstić information content (AvgIpc) is 3.46. The third-order valence-corrected chi connectivity index (χ3v) is 5.46. The molecule has 0 atom stereocenters. The van der Waals surface area contributed by atoms with E-state index in [2.05, 4.69) is 72.2 Å². The van der Waals surface area contributed by atoms with Gasteiger partial charge >= 0.3 is 26.2 Å². The van der Waals surface area contributed by atoms with Gasteiger partial charge in [0.15, 0.2) is 0 Å².